The Hall–Kier alpha value is -1.46. The summed E-state index contributed by atoms with van der Waals surface area (Å²) in [6, 6.07) is 7.40. The zero-order valence-electron chi connectivity index (χ0n) is 11.6. The zero-order valence-corrected chi connectivity index (χ0v) is 12.4. The van der Waals surface area contributed by atoms with Crippen LogP contribution in [0.15, 0.2) is 35.5 Å². The summed E-state index contributed by atoms with van der Waals surface area (Å²) in [4.78, 5) is 4.11. The lowest BCUT2D eigenvalue weighted by Gasteiger charge is -2.20. The summed E-state index contributed by atoms with van der Waals surface area (Å²) < 4.78 is 27.4. The van der Waals surface area contributed by atoms with Gasteiger partial charge in [-0.2, -0.15) is 0 Å². The van der Waals surface area contributed by atoms with Gasteiger partial charge in [-0.15, -0.1) is 0 Å². The van der Waals surface area contributed by atoms with Crippen molar-refractivity contribution in [3.8, 4) is 0 Å². The highest BCUT2D eigenvalue weighted by molar-refractivity contribution is 7.89. The zero-order chi connectivity index (χ0) is 14.3. The average molecular weight is 278 g/mol. The minimum absolute atomic E-state index is 0.0867. The van der Waals surface area contributed by atoms with Gasteiger partial charge >= 0.3 is 0 Å². The number of hydrogen-bond acceptors (Lipinski definition) is 3. The molecule has 0 atom stereocenters. The molecule has 1 aromatic carbocycles. The Morgan fingerprint density at radius 3 is 2.26 bits per heavy atom. The summed E-state index contributed by atoms with van der Waals surface area (Å²) in [7, 11) is -3.62. The standard InChI is InChI=1S/C14H18N2O2S/c1-10-9-15-13(12-8-6-5-7-11(10)12)19(17,18)16-14(2,3)4/h5-9,16H,1-4H3. The van der Waals surface area contributed by atoms with E-state index < -0.39 is 15.6 Å². The highest BCUT2D eigenvalue weighted by Gasteiger charge is 2.25. The Bertz CT molecular complexity index is 716. The predicted octanol–water partition coefficient (Wildman–Crippen LogP) is 2.62. The molecule has 102 valence electrons. The molecule has 0 spiro atoms. The van der Waals surface area contributed by atoms with Crippen LogP contribution in [0.1, 0.15) is 26.3 Å². The van der Waals surface area contributed by atoms with Crippen LogP contribution in [-0.4, -0.2) is 18.9 Å². The van der Waals surface area contributed by atoms with Gasteiger partial charge in [-0.3, -0.25) is 0 Å². The molecule has 19 heavy (non-hydrogen) atoms. The van der Waals surface area contributed by atoms with Gasteiger partial charge in [0.15, 0.2) is 5.03 Å². The van der Waals surface area contributed by atoms with Crippen molar-refractivity contribution >= 4 is 20.8 Å². The van der Waals surface area contributed by atoms with Gasteiger partial charge in [0.1, 0.15) is 0 Å². The lowest BCUT2D eigenvalue weighted by atomic mass is 10.1. The number of hydrogen-bond donors (Lipinski definition) is 1. The Morgan fingerprint density at radius 2 is 1.68 bits per heavy atom. The largest absolute Gasteiger partial charge is 0.259 e. The quantitative estimate of drug-likeness (QED) is 0.918. The van der Waals surface area contributed by atoms with E-state index in [-0.39, 0.29) is 5.03 Å². The molecule has 0 fully saturated rings. The van der Waals surface area contributed by atoms with Gasteiger partial charge in [-0.1, -0.05) is 24.3 Å². The van der Waals surface area contributed by atoms with E-state index in [1.54, 1.807) is 33.0 Å². The highest BCUT2D eigenvalue weighted by atomic mass is 32.2. The second kappa shape index (κ2) is 4.58. The Morgan fingerprint density at radius 1 is 1.11 bits per heavy atom. The van der Waals surface area contributed by atoms with Crippen LogP contribution in [-0.2, 0) is 10.0 Å². The van der Waals surface area contributed by atoms with E-state index in [0.29, 0.717) is 5.39 Å². The average Bonchev–Trinajstić information content (AvgIpc) is 2.26. The molecule has 4 nitrogen and oxygen atoms in total. The van der Waals surface area contributed by atoms with Crippen molar-refractivity contribution in [3.05, 3.63) is 36.0 Å². The van der Waals surface area contributed by atoms with Gasteiger partial charge < -0.3 is 0 Å². The predicted molar refractivity (Wildman–Crippen MR) is 76.6 cm³/mol. The third-order valence-electron chi connectivity index (χ3n) is 2.65. The maximum atomic E-state index is 12.4. The molecule has 0 radical (unpaired) electrons. The fourth-order valence-electron chi connectivity index (χ4n) is 1.97. The van der Waals surface area contributed by atoms with E-state index in [4.69, 9.17) is 0 Å². The third-order valence-corrected chi connectivity index (χ3v) is 4.37. The summed E-state index contributed by atoms with van der Waals surface area (Å²) in [5.74, 6) is 0. The minimum atomic E-state index is -3.62. The molecule has 2 rings (SSSR count). The van der Waals surface area contributed by atoms with Gasteiger partial charge in [0.25, 0.3) is 10.0 Å². The summed E-state index contributed by atoms with van der Waals surface area (Å²) in [5.41, 5.74) is 0.428. The SMILES string of the molecule is Cc1cnc(S(=O)(=O)NC(C)(C)C)c2ccccc12. The van der Waals surface area contributed by atoms with E-state index in [1.807, 2.05) is 25.1 Å². The van der Waals surface area contributed by atoms with Crippen LogP contribution >= 0.6 is 0 Å². The minimum Gasteiger partial charge on any atom is -0.243 e. The number of aryl methyl sites for hydroxylation is 1. The van der Waals surface area contributed by atoms with Gasteiger partial charge in [-0.05, 0) is 38.6 Å². The van der Waals surface area contributed by atoms with Gasteiger partial charge in [-0.25, -0.2) is 18.1 Å². The van der Waals surface area contributed by atoms with Crippen molar-refractivity contribution in [3.63, 3.8) is 0 Å². The van der Waals surface area contributed by atoms with Gasteiger partial charge in [0.2, 0.25) is 0 Å². The van der Waals surface area contributed by atoms with Crippen LogP contribution in [0, 0.1) is 6.92 Å². The first kappa shape index (κ1) is 14.0. The molecule has 0 saturated carbocycles. The first-order chi connectivity index (χ1) is 8.71. The van der Waals surface area contributed by atoms with Crippen LogP contribution in [0.2, 0.25) is 0 Å². The molecule has 5 heteroatoms. The second-order valence-corrected chi connectivity index (χ2v) is 7.25. The van der Waals surface area contributed by atoms with Crippen LogP contribution in [0.4, 0.5) is 0 Å². The normalized spacial score (nSPS) is 12.8. The molecule has 0 aliphatic rings. The van der Waals surface area contributed by atoms with E-state index in [9.17, 15) is 8.42 Å². The summed E-state index contributed by atoms with van der Waals surface area (Å²) >= 11 is 0. The van der Waals surface area contributed by atoms with Crippen molar-refractivity contribution < 1.29 is 8.42 Å². The summed E-state index contributed by atoms with van der Waals surface area (Å²) in [6.45, 7) is 7.34. The Labute approximate surface area is 113 Å². The molecule has 0 amide bonds. The van der Waals surface area contributed by atoms with Gasteiger partial charge in [0.05, 0.1) is 0 Å². The lowest BCUT2D eigenvalue weighted by molar-refractivity contribution is 0.490. The molecule has 0 aliphatic carbocycles. The maximum Gasteiger partial charge on any atom is 0.259 e. The molecule has 0 bridgehead atoms. The van der Waals surface area contributed by atoms with Crippen molar-refractivity contribution in [1.82, 2.24) is 9.71 Å². The molecule has 1 heterocycles. The highest BCUT2D eigenvalue weighted by Crippen LogP contribution is 2.24. The third kappa shape index (κ3) is 2.93. The molecule has 0 aliphatic heterocycles. The fourth-order valence-corrected chi connectivity index (χ4v) is 3.54. The molecule has 1 aromatic heterocycles. The monoisotopic (exact) mass is 278 g/mol. The van der Waals surface area contributed by atoms with Crippen LogP contribution in [0.3, 0.4) is 0 Å². The number of nitrogens with zero attached hydrogens (tertiary/aromatic N) is 1. The van der Waals surface area contributed by atoms with Gasteiger partial charge in [0, 0.05) is 17.1 Å². The fraction of sp³-hybridized carbons (Fsp3) is 0.357. The first-order valence-electron chi connectivity index (χ1n) is 6.09. The van der Waals surface area contributed by atoms with E-state index in [2.05, 4.69) is 9.71 Å². The number of aromatic nitrogens is 1. The number of fused-ring (bicyclic) bond motifs is 1. The van der Waals surface area contributed by atoms with Crippen molar-refractivity contribution in [1.29, 1.82) is 0 Å². The number of pyridine rings is 1. The number of rotatable bonds is 2. The van der Waals surface area contributed by atoms with E-state index >= 15 is 0 Å². The van der Waals surface area contributed by atoms with E-state index in [1.165, 1.54) is 0 Å². The molecular weight excluding hydrogens is 260 g/mol. The number of benzene rings is 1. The summed E-state index contributed by atoms with van der Waals surface area (Å²) in [5, 5.41) is 1.65. The van der Waals surface area contributed by atoms with Crippen molar-refractivity contribution in [2.24, 2.45) is 0 Å². The number of sulfonamides is 1. The molecule has 0 saturated heterocycles. The first-order valence-corrected chi connectivity index (χ1v) is 7.57. The molecule has 2 aromatic rings. The number of nitrogens with one attached hydrogen (secondary N) is 1. The Kier molecular flexibility index (Phi) is 3.36. The van der Waals surface area contributed by atoms with Crippen molar-refractivity contribution in [2.45, 2.75) is 38.3 Å². The smallest absolute Gasteiger partial charge is 0.243 e. The topological polar surface area (TPSA) is 59.1 Å². The maximum absolute atomic E-state index is 12.4. The molecule has 0 unspecified atom stereocenters. The van der Waals surface area contributed by atoms with Crippen LogP contribution in [0.25, 0.3) is 10.8 Å². The molecule has 1 N–H and O–H groups in total. The van der Waals surface area contributed by atoms with Crippen LogP contribution in [0.5, 0.6) is 0 Å². The molecular formula is C14H18N2O2S. The van der Waals surface area contributed by atoms with E-state index in [0.717, 1.165) is 10.9 Å². The summed E-state index contributed by atoms with van der Waals surface area (Å²) in [6.07, 6.45) is 1.60. The Balaban J connectivity index is 2.67. The van der Waals surface area contributed by atoms with Crippen molar-refractivity contribution in [2.75, 3.05) is 0 Å². The van der Waals surface area contributed by atoms with Crippen LogP contribution < -0.4 is 4.72 Å². The second-order valence-electron chi connectivity index (χ2n) is 5.65. The lowest BCUT2D eigenvalue weighted by Crippen LogP contribution is -2.40.